The van der Waals surface area contributed by atoms with Crippen LogP contribution in [0.2, 0.25) is 0 Å². The summed E-state index contributed by atoms with van der Waals surface area (Å²) in [6.45, 7) is 6.97. The van der Waals surface area contributed by atoms with E-state index in [1.807, 2.05) is 13.8 Å². The lowest BCUT2D eigenvalue weighted by atomic mass is 10.1. The van der Waals surface area contributed by atoms with Crippen molar-refractivity contribution in [3.05, 3.63) is 16.8 Å². The van der Waals surface area contributed by atoms with Gasteiger partial charge in [0, 0.05) is 12.6 Å². The van der Waals surface area contributed by atoms with Gasteiger partial charge in [0.15, 0.2) is 5.82 Å². The Labute approximate surface area is 107 Å². The highest BCUT2D eigenvalue weighted by atomic mass is 32.1. The van der Waals surface area contributed by atoms with Gasteiger partial charge < -0.3 is 10.6 Å². The predicted molar refractivity (Wildman–Crippen MR) is 73.4 cm³/mol. The molecule has 1 aromatic heterocycles. The zero-order chi connectivity index (χ0) is 12.6. The molecule has 1 fully saturated rings. The van der Waals surface area contributed by atoms with Crippen LogP contribution in [0.4, 0.5) is 5.82 Å². The molecular formula is C12H18N4S. The number of nitrogens with two attached hydrogens (primary N) is 1. The van der Waals surface area contributed by atoms with Crippen LogP contribution in [-0.4, -0.2) is 27.8 Å². The molecule has 2 N–H and O–H groups in total. The topological polar surface area (TPSA) is 55.0 Å². The molecule has 0 spiro atoms. The van der Waals surface area contributed by atoms with Gasteiger partial charge in [0.1, 0.15) is 4.99 Å². The number of rotatable bonds is 4. The van der Waals surface area contributed by atoms with Crippen molar-refractivity contribution in [2.75, 3.05) is 11.4 Å². The summed E-state index contributed by atoms with van der Waals surface area (Å²) in [6, 6.07) is 0.588. The van der Waals surface area contributed by atoms with Crippen LogP contribution in [0.15, 0.2) is 0 Å². The molecule has 1 saturated carbocycles. The molecule has 0 aliphatic heterocycles. The van der Waals surface area contributed by atoms with Crippen molar-refractivity contribution in [3.8, 4) is 0 Å². The Morgan fingerprint density at radius 2 is 2.06 bits per heavy atom. The smallest absolute Gasteiger partial charge is 0.162 e. The number of aromatic nitrogens is 2. The third kappa shape index (κ3) is 2.24. The molecule has 0 bridgehead atoms. The van der Waals surface area contributed by atoms with Crippen LogP contribution < -0.4 is 10.6 Å². The second-order valence-corrected chi connectivity index (χ2v) is 4.93. The quantitative estimate of drug-likeness (QED) is 0.825. The van der Waals surface area contributed by atoms with Crippen LogP contribution in [0.3, 0.4) is 0 Å². The van der Waals surface area contributed by atoms with Gasteiger partial charge in [-0.25, -0.2) is 0 Å². The molecule has 0 atom stereocenters. The SMILES string of the molecule is CCN(c1nnc(C)c(C)c1C(N)=S)C1CC1. The molecule has 1 aliphatic carbocycles. The molecule has 4 nitrogen and oxygen atoms in total. The Hall–Kier alpha value is -1.23. The van der Waals surface area contributed by atoms with Gasteiger partial charge in [-0.2, -0.15) is 5.10 Å². The lowest BCUT2D eigenvalue weighted by molar-refractivity contribution is 0.782. The fourth-order valence-corrected chi connectivity index (χ4v) is 2.30. The van der Waals surface area contributed by atoms with Gasteiger partial charge in [-0.05, 0) is 39.2 Å². The standard InChI is InChI=1S/C12H18N4S/c1-4-16(9-5-6-9)12-10(11(13)17)7(2)8(3)14-15-12/h9H,4-6H2,1-3H3,(H2,13,17). The maximum Gasteiger partial charge on any atom is 0.162 e. The third-order valence-electron chi connectivity index (χ3n) is 3.28. The molecule has 0 amide bonds. The molecule has 17 heavy (non-hydrogen) atoms. The molecular weight excluding hydrogens is 232 g/mol. The van der Waals surface area contributed by atoms with Crippen molar-refractivity contribution in [1.82, 2.24) is 10.2 Å². The Morgan fingerprint density at radius 1 is 1.41 bits per heavy atom. The minimum absolute atomic E-state index is 0.412. The van der Waals surface area contributed by atoms with E-state index in [1.54, 1.807) is 0 Å². The van der Waals surface area contributed by atoms with Crippen LogP contribution in [0.1, 0.15) is 36.6 Å². The van der Waals surface area contributed by atoms with Gasteiger partial charge in [0.2, 0.25) is 0 Å². The molecule has 2 rings (SSSR count). The summed E-state index contributed by atoms with van der Waals surface area (Å²) in [4.78, 5) is 2.67. The van der Waals surface area contributed by atoms with Gasteiger partial charge >= 0.3 is 0 Å². The maximum absolute atomic E-state index is 5.83. The van der Waals surface area contributed by atoms with Crippen molar-refractivity contribution >= 4 is 23.0 Å². The van der Waals surface area contributed by atoms with E-state index in [2.05, 4.69) is 22.0 Å². The summed E-state index contributed by atoms with van der Waals surface area (Å²) in [7, 11) is 0. The second kappa shape index (κ2) is 4.56. The van der Waals surface area contributed by atoms with E-state index < -0.39 is 0 Å². The van der Waals surface area contributed by atoms with Crippen molar-refractivity contribution in [2.45, 2.75) is 39.7 Å². The first-order valence-electron chi connectivity index (χ1n) is 5.96. The fraction of sp³-hybridized carbons (Fsp3) is 0.583. The van der Waals surface area contributed by atoms with Crippen LogP contribution in [0.5, 0.6) is 0 Å². The lowest BCUT2D eigenvalue weighted by Crippen LogP contribution is -2.30. The first-order valence-corrected chi connectivity index (χ1v) is 6.37. The van der Waals surface area contributed by atoms with Crippen molar-refractivity contribution in [3.63, 3.8) is 0 Å². The number of thiocarbonyl (C=S) groups is 1. The average Bonchev–Trinajstić information content (AvgIpc) is 3.08. The Balaban J connectivity index is 2.51. The van der Waals surface area contributed by atoms with E-state index in [0.717, 1.165) is 29.2 Å². The van der Waals surface area contributed by atoms with E-state index >= 15 is 0 Å². The fourth-order valence-electron chi connectivity index (χ4n) is 2.06. The zero-order valence-electron chi connectivity index (χ0n) is 10.5. The van der Waals surface area contributed by atoms with Gasteiger partial charge in [0.05, 0.1) is 11.3 Å². The van der Waals surface area contributed by atoms with E-state index in [0.29, 0.717) is 11.0 Å². The van der Waals surface area contributed by atoms with Crippen LogP contribution >= 0.6 is 12.2 Å². The summed E-state index contributed by atoms with van der Waals surface area (Å²) in [5, 5.41) is 8.50. The monoisotopic (exact) mass is 250 g/mol. The minimum Gasteiger partial charge on any atom is -0.389 e. The molecule has 1 aliphatic rings. The number of anilines is 1. The van der Waals surface area contributed by atoms with Crippen LogP contribution in [0, 0.1) is 13.8 Å². The molecule has 0 unspecified atom stereocenters. The molecule has 5 heteroatoms. The average molecular weight is 250 g/mol. The van der Waals surface area contributed by atoms with Crippen LogP contribution in [-0.2, 0) is 0 Å². The molecule has 92 valence electrons. The molecule has 0 radical (unpaired) electrons. The highest BCUT2D eigenvalue weighted by Crippen LogP contribution is 2.33. The molecule has 0 aromatic carbocycles. The molecule has 1 heterocycles. The Bertz CT molecular complexity index is 454. The number of nitrogens with zero attached hydrogens (tertiary/aromatic N) is 3. The lowest BCUT2D eigenvalue weighted by Gasteiger charge is -2.24. The first kappa shape index (κ1) is 12.2. The highest BCUT2D eigenvalue weighted by molar-refractivity contribution is 7.80. The third-order valence-corrected chi connectivity index (χ3v) is 3.49. The Morgan fingerprint density at radius 3 is 2.53 bits per heavy atom. The minimum atomic E-state index is 0.412. The summed E-state index contributed by atoms with van der Waals surface area (Å²) >= 11 is 5.15. The molecule has 1 aromatic rings. The van der Waals surface area contributed by atoms with E-state index in [-0.39, 0.29) is 0 Å². The Kier molecular flexibility index (Phi) is 3.28. The van der Waals surface area contributed by atoms with Gasteiger partial charge in [-0.1, -0.05) is 12.2 Å². The summed E-state index contributed by atoms with van der Waals surface area (Å²) in [5.74, 6) is 0.852. The predicted octanol–water partition coefficient (Wildman–Crippen LogP) is 1.72. The van der Waals surface area contributed by atoms with E-state index in [4.69, 9.17) is 18.0 Å². The van der Waals surface area contributed by atoms with E-state index in [9.17, 15) is 0 Å². The zero-order valence-corrected chi connectivity index (χ0v) is 11.3. The van der Waals surface area contributed by atoms with Gasteiger partial charge in [0.25, 0.3) is 0 Å². The number of aryl methyl sites for hydroxylation is 1. The second-order valence-electron chi connectivity index (χ2n) is 4.49. The summed E-state index contributed by atoms with van der Waals surface area (Å²) < 4.78 is 0. The van der Waals surface area contributed by atoms with Gasteiger partial charge in [-0.15, -0.1) is 5.10 Å². The largest absolute Gasteiger partial charge is 0.389 e. The molecule has 0 saturated heterocycles. The maximum atomic E-state index is 5.83. The normalized spacial score (nSPS) is 14.8. The summed E-state index contributed by atoms with van der Waals surface area (Å²) in [6.07, 6.45) is 2.44. The summed E-state index contributed by atoms with van der Waals surface area (Å²) in [5.41, 5.74) is 8.66. The van der Waals surface area contributed by atoms with Crippen molar-refractivity contribution in [1.29, 1.82) is 0 Å². The number of hydrogen-bond donors (Lipinski definition) is 1. The van der Waals surface area contributed by atoms with Gasteiger partial charge in [-0.3, -0.25) is 0 Å². The first-order chi connectivity index (χ1) is 8.06. The van der Waals surface area contributed by atoms with Crippen molar-refractivity contribution < 1.29 is 0 Å². The van der Waals surface area contributed by atoms with Crippen LogP contribution in [0.25, 0.3) is 0 Å². The van der Waals surface area contributed by atoms with Crippen molar-refractivity contribution in [2.24, 2.45) is 5.73 Å². The van der Waals surface area contributed by atoms with E-state index in [1.165, 1.54) is 12.8 Å². The highest BCUT2D eigenvalue weighted by Gasteiger charge is 2.31. The number of hydrogen-bond acceptors (Lipinski definition) is 4.